The van der Waals surface area contributed by atoms with E-state index >= 15 is 0 Å². The van der Waals surface area contributed by atoms with Gasteiger partial charge in [0.25, 0.3) is 0 Å². The van der Waals surface area contributed by atoms with Crippen molar-refractivity contribution in [1.82, 2.24) is 4.98 Å². The van der Waals surface area contributed by atoms with E-state index in [1.807, 2.05) is 48.6 Å². The van der Waals surface area contributed by atoms with Crippen molar-refractivity contribution < 1.29 is 23.4 Å². The van der Waals surface area contributed by atoms with Crippen LogP contribution in [0.5, 0.6) is 5.75 Å². The predicted molar refractivity (Wildman–Crippen MR) is 134 cm³/mol. The summed E-state index contributed by atoms with van der Waals surface area (Å²) in [6.07, 6.45) is 3.81. The Morgan fingerprint density at radius 1 is 1.03 bits per heavy atom. The number of rotatable bonds is 6. The number of aliphatic carboxylic acids is 1. The lowest BCUT2D eigenvalue weighted by Gasteiger charge is -2.19. The number of hydrogen-bond donors (Lipinski definition) is 1. The molecule has 0 saturated heterocycles. The molecule has 0 fully saturated rings. The zero-order chi connectivity index (χ0) is 24.4. The average molecular weight is 490 g/mol. The first-order chi connectivity index (χ1) is 17.0. The fourth-order valence-corrected chi connectivity index (χ4v) is 5.40. The van der Waals surface area contributed by atoms with Gasteiger partial charge in [-0.2, -0.15) is 0 Å². The van der Waals surface area contributed by atoms with Crippen LogP contribution in [0.15, 0.2) is 66.7 Å². The maximum atomic E-state index is 13.6. The third kappa shape index (κ3) is 5.05. The molecule has 0 aliphatic carbocycles. The minimum atomic E-state index is -0.927. The molecule has 4 aromatic rings. The van der Waals surface area contributed by atoms with Crippen LogP contribution in [-0.2, 0) is 11.4 Å². The van der Waals surface area contributed by atoms with E-state index in [0.717, 1.165) is 40.1 Å². The van der Waals surface area contributed by atoms with Crippen molar-refractivity contribution in [2.45, 2.75) is 18.3 Å². The van der Waals surface area contributed by atoms with Crippen molar-refractivity contribution >= 4 is 40.8 Å². The number of benzene rings is 3. The second kappa shape index (κ2) is 9.88. The fraction of sp³-hybridized carbons (Fsp3) is 0.143. The average Bonchev–Trinajstić information content (AvgIpc) is 3.00. The molecule has 4 nitrogen and oxygen atoms in total. The molecule has 0 radical (unpaired) electrons. The van der Waals surface area contributed by atoms with E-state index in [1.165, 1.54) is 0 Å². The van der Waals surface area contributed by atoms with Crippen LogP contribution in [-0.4, -0.2) is 21.8 Å². The number of halogens is 2. The Labute approximate surface area is 205 Å². The lowest BCUT2D eigenvalue weighted by molar-refractivity contribution is -0.136. The smallest absolute Gasteiger partial charge is 0.304 e. The molecule has 1 atom stereocenters. The molecular formula is C28H21F2NO3S. The first-order valence-electron chi connectivity index (χ1n) is 11.1. The maximum Gasteiger partial charge on any atom is 0.304 e. The molecule has 35 heavy (non-hydrogen) atoms. The number of hydrogen-bond acceptors (Lipinski definition) is 4. The minimum absolute atomic E-state index is 0.0620. The second-order valence-corrected chi connectivity index (χ2v) is 9.42. The number of nitrogens with zero attached hydrogens (tertiary/aromatic N) is 1. The monoisotopic (exact) mass is 489 g/mol. The Morgan fingerprint density at radius 3 is 2.71 bits per heavy atom. The number of carbonyl (C=O) groups is 1. The van der Waals surface area contributed by atoms with Crippen LogP contribution in [0.25, 0.3) is 23.1 Å². The van der Waals surface area contributed by atoms with Crippen LogP contribution in [0, 0.1) is 11.6 Å². The summed E-state index contributed by atoms with van der Waals surface area (Å²) in [5.74, 6) is -1.40. The number of fused-ring (bicyclic) bond motifs is 3. The van der Waals surface area contributed by atoms with Gasteiger partial charge in [-0.3, -0.25) is 4.79 Å². The maximum absolute atomic E-state index is 13.6. The van der Waals surface area contributed by atoms with Crippen molar-refractivity contribution in [2.24, 2.45) is 0 Å². The zero-order valence-corrected chi connectivity index (χ0v) is 19.4. The SMILES string of the molecule is O=C(O)CCSC1c2ccccc2COc2ccc(C=Cc3ccc4cc(F)c(F)cc4n3)cc21. The number of carboxylic acid groups (broad SMARTS) is 1. The highest BCUT2D eigenvalue weighted by atomic mass is 32.2. The van der Waals surface area contributed by atoms with Gasteiger partial charge in [-0.05, 0) is 47.0 Å². The van der Waals surface area contributed by atoms with Gasteiger partial charge in [0, 0.05) is 22.8 Å². The van der Waals surface area contributed by atoms with Gasteiger partial charge in [0.2, 0.25) is 0 Å². The molecule has 1 unspecified atom stereocenters. The van der Waals surface area contributed by atoms with Gasteiger partial charge in [-0.1, -0.05) is 42.5 Å². The molecule has 0 bridgehead atoms. The summed E-state index contributed by atoms with van der Waals surface area (Å²) in [5, 5.41) is 9.58. The third-order valence-electron chi connectivity index (χ3n) is 5.84. The summed E-state index contributed by atoms with van der Waals surface area (Å²) in [5.41, 5.74) is 5.10. The van der Waals surface area contributed by atoms with E-state index in [-0.39, 0.29) is 11.7 Å². The molecule has 5 rings (SSSR count). The molecule has 0 amide bonds. The van der Waals surface area contributed by atoms with Gasteiger partial charge in [0.15, 0.2) is 11.6 Å². The Kier molecular flexibility index (Phi) is 6.51. The van der Waals surface area contributed by atoms with E-state index in [9.17, 15) is 13.6 Å². The molecule has 1 aliphatic rings. The highest BCUT2D eigenvalue weighted by molar-refractivity contribution is 7.99. The van der Waals surface area contributed by atoms with E-state index in [0.29, 0.717) is 29.0 Å². The minimum Gasteiger partial charge on any atom is -0.489 e. The lowest BCUT2D eigenvalue weighted by atomic mass is 9.98. The van der Waals surface area contributed by atoms with E-state index < -0.39 is 17.6 Å². The summed E-state index contributed by atoms with van der Waals surface area (Å²) >= 11 is 1.59. The van der Waals surface area contributed by atoms with Crippen molar-refractivity contribution in [1.29, 1.82) is 0 Å². The number of thioether (sulfide) groups is 1. The predicted octanol–water partition coefficient (Wildman–Crippen LogP) is 6.87. The van der Waals surface area contributed by atoms with Gasteiger partial charge >= 0.3 is 5.97 Å². The summed E-state index contributed by atoms with van der Waals surface area (Å²) < 4.78 is 33.2. The van der Waals surface area contributed by atoms with Gasteiger partial charge in [-0.25, -0.2) is 13.8 Å². The third-order valence-corrected chi connectivity index (χ3v) is 7.12. The van der Waals surface area contributed by atoms with Crippen LogP contribution < -0.4 is 4.74 Å². The lowest BCUT2D eigenvalue weighted by Crippen LogP contribution is -2.03. The number of pyridine rings is 1. The fourth-order valence-electron chi connectivity index (χ4n) is 4.10. The first-order valence-corrected chi connectivity index (χ1v) is 12.1. The molecule has 0 saturated carbocycles. The Bertz CT molecular complexity index is 1450. The molecule has 2 heterocycles. The van der Waals surface area contributed by atoms with Crippen LogP contribution in [0.1, 0.15) is 39.6 Å². The number of carboxylic acids is 1. The van der Waals surface area contributed by atoms with Crippen LogP contribution >= 0.6 is 11.8 Å². The van der Waals surface area contributed by atoms with E-state index in [2.05, 4.69) is 11.1 Å². The molecule has 176 valence electrons. The highest BCUT2D eigenvalue weighted by Gasteiger charge is 2.25. The molecule has 0 spiro atoms. The zero-order valence-electron chi connectivity index (χ0n) is 18.6. The summed E-state index contributed by atoms with van der Waals surface area (Å²) in [6.45, 7) is 0.451. The topological polar surface area (TPSA) is 59.4 Å². The van der Waals surface area contributed by atoms with Crippen molar-refractivity contribution in [2.75, 3.05) is 5.75 Å². The van der Waals surface area contributed by atoms with E-state index in [4.69, 9.17) is 9.84 Å². The first kappa shape index (κ1) is 23.1. The number of ether oxygens (including phenoxy) is 1. The summed E-state index contributed by atoms with van der Waals surface area (Å²) in [4.78, 5) is 15.5. The van der Waals surface area contributed by atoms with Crippen LogP contribution in [0.4, 0.5) is 8.78 Å². The van der Waals surface area contributed by atoms with Gasteiger partial charge < -0.3 is 9.84 Å². The second-order valence-electron chi connectivity index (χ2n) is 8.21. The number of aromatic nitrogens is 1. The molecular weight excluding hydrogens is 468 g/mol. The standard InChI is InChI=1S/C28H21F2NO3S/c29-23-14-18-7-9-20(31-25(18)15-24(23)30)8-5-17-6-10-26-22(13-17)28(35-12-11-27(32)33)21-4-2-1-3-19(21)16-34-26/h1-10,13-15,28H,11-12,16H2,(H,32,33). The van der Waals surface area contributed by atoms with Crippen LogP contribution in [0.2, 0.25) is 0 Å². The highest BCUT2D eigenvalue weighted by Crippen LogP contribution is 2.44. The summed E-state index contributed by atoms with van der Waals surface area (Å²) in [7, 11) is 0. The Hall–Kier alpha value is -3.71. The van der Waals surface area contributed by atoms with E-state index in [1.54, 1.807) is 23.9 Å². The quantitative estimate of drug-likeness (QED) is 0.320. The molecule has 7 heteroatoms. The van der Waals surface area contributed by atoms with Crippen molar-refractivity contribution in [3.8, 4) is 5.75 Å². The van der Waals surface area contributed by atoms with Crippen molar-refractivity contribution in [3.05, 3.63) is 106 Å². The molecule has 1 aromatic heterocycles. The van der Waals surface area contributed by atoms with Gasteiger partial charge in [-0.15, -0.1) is 11.8 Å². The molecule has 1 N–H and O–H groups in total. The Balaban J connectivity index is 1.47. The Morgan fingerprint density at radius 2 is 1.86 bits per heavy atom. The van der Waals surface area contributed by atoms with Crippen molar-refractivity contribution in [3.63, 3.8) is 0 Å². The largest absolute Gasteiger partial charge is 0.489 e. The normalized spacial score (nSPS) is 14.9. The summed E-state index contributed by atoms with van der Waals surface area (Å²) in [6, 6.07) is 19.7. The molecule has 3 aromatic carbocycles. The van der Waals surface area contributed by atoms with Crippen LogP contribution in [0.3, 0.4) is 0 Å². The van der Waals surface area contributed by atoms with Gasteiger partial charge in [0.05, 0.1) is 22.9 Å². The molecule has 1 aliphatic heterocycles. The van der Waals surface area contributed by atoms with Gasteiger partial charge in [0.1, 0.15) is 12.4 Å².